The van der Waals surface area contributed by atoms with Gasteiger partial charge in [-0.3, -0.25) is 0 Å². The van der Waals surface area contributed by atoms with Crippen LogP contribution < -0.4 is 5.73 Å². The fourth-order valence-electron chi connectivity index (χ4n) is 1.54. The molecular weight excluding hydrogens is 266 g/mol. The largest absolute Gasteiger partial charge is 0.367 e. The number of benzene rings is 1. The Labute approximate surface area is 101 Å². The van der Waals surface area contributed by atoms with Gasteiger partial charge in [0, 0.05) is 6.26 Å². The second-order valence-electron chi connectivity index (χ2n) is 3.64. The first-order valence-electron chi connectivity index (χ1n) is 4.70. The Morgan fingerprint density at radius 3 is 2.22 bits per heavy atom. The Hall–Kier alpha value is -1.96. The van der Waals surface area contributed by atoms with Crippen LogP contribution in [-0.2, 0) is 9.84 Å². The maximum Gasteiger partial charge on any atom is 0.229 e. The van der Waals surface area contributed by atoms with Crippen molar-refractivity contribution in [2.24, 2.45) is 0 Å². The second-order valence-corrected chi connectivity index (χ2v) is 5.60. The van der Waals surface area contributed by atoms with Gasteiger partial charge in [0.1, 0.15) is 16.5 Å². The zero-order chi connectivity index (χ0) is 13.5. The Bertz CT molecular complexity index is 687. The number of nitrogens with two attached hydrogens (primary N) is 1. The van der Waals surface area contributed by atoms with Crippen molar-refractivity contribution in [2.45, 2.75) is 4.90 Å². The van der Waals surface area contributed by atoms with E-state index >= 15 is 0 Å². The molecule has 0 atom stereocenters. The summed E-state index contributed by atoms with van der Waals surface area (Å²) in [6, 6.07) is 1.73. The topological polar surface area (TPSA) is 86.2 Å². The summed E-state index contributed by atoms with van der Waals surface area (Å²) in [6.07, 6.45) is 1.91. The monoisotopic (exact) mass is 274 g/mol. The molecule has 0 aliphatic rings. The predicted octanol–water partition coefficient (Wildman–Crippen LogP) is 1.61. The van der Waals surface area contributed by atoms with E-state index in [-0.39, 0.29) is 17.0 Å². The van der Waals surface area contributed by atoms with Crippen LogP contribution in [0.1, 0.15) is 0 Å². The van der Waals surface area contributed by atoms with Crippen LogP contribution in [0.2, 0.25) is 0 Å². The molecule has 0 aliphatic heterocycles. The third kappa shape index (κ3) is 2.06. The number of hydrogen-bond acceptors (Lipinski definition) is 5. The van der Waals surface area contributed by atoms with Gasteiger partial charge in [0.05, 0.1) is 11.8 Å². The van der Waals surface area contributed by atoms with Crippen LogP contribution >= 0.6 is 0 Å². The van der Waals surface area contributed by atoms with E-state index in [0.29, 0.717) is 0 Å². The fraction of sp³-hybridized carbons (Fsp3) is 0.100. The second kappa shape index (κ2) is 4.05. The lowest BCUT2D eigenvalue weighted by atomic mass is 10.1. The van der Waals surface area contributed by atoms with Crippen molar-refractivity contribution in [2.75, 3.05) is 12.0 Å². The van der Waals surface area contributed by atoms with Gasteiger partial charge < -0.3 is 10.3 Å². The van der Waals surface area contributed by atoms with Crippen LogP contribution in [0.3, 0.4) is 0 Å². The maximum absolute atomic E-state index is 13.6. The number of nitrogen functional groups attached to an aromatic ring is 1. The van der Waals surface area contributed by atoms with Crippen LogP contribution in [0.25, 0.3) is 11.1 Å². The van der Waals surface area contributed by atoms with Gasteiger partial charge in [-0.15, -0.1) is 0 Å². The lowest BCUT2D eigenvalue weighted by Crippen LogP contribution is -2.05. The Balaban J connectivity index is 2.68. The van der Waals surface area contributed by atoms with E-state index in [1.54, 1.807) is 0 Å². The average Bonchev–Trinajstić information content (AvgIpc) is 2.60. The Morgan fingerprint density at radius 1 is 1.28 bits per heavy atom. The van der Waals surface area contributed by atoms with E-state index in [9.17, 15) is 17.2 Å². The Kier molecular flexibility index (Phi) is 2.81. The molecule has 0 fully saturated rings. The first-order valence-corrected chi connectivity index (χ1v) is 6.59. The number of nitrogens with zero attached hydrogens (tertiary/aromatic N) is 1. The molecule has 0 saturated carbocycles. The molecule has 2 N–H and O–H groups in total. The lowest BCUT2D eigenvalue weighted by molar-refractivity contribution is 0.436. The molecule has 2 rings (SSSR count). The van der Waals surface area contributed by atoms with Crippen molar-refractivity contribution >= 4 is 15.7 Å². The molecule has 0 bridgehead atoms. The number of rotatable bonds is 2. The van der Waals surface area contributed by atoms with Gasteiger partial charge in [0.25, 0.3) is 0 Å². The number of aromatic nitrogens is 1. The van der Waals surface area contributed by atoms with E-state index in [2.05, 4.69) is 9.68 Å². The van der Waals surface area contributed by atoms with Gasteiger partial charge in [-0.1, -0.05) is 5.16 Å². The van der Waals surface area contributed by atoms with Gasteiger partial charge in [-0.05, 0) is 17.7 Å². The summed E-state index contributed by atoms with van der Waals surface area (Å²) in [5.74, 6) is -2.48. The van der Waals surface area contributed by atoms with E-state index in [1.165, 1.54) is 6.20 Å². The summed E-state index contributed by atoms with van der Waals surface area (Å²) < 4.78 is 54.2. The van der Waals surface area contributed by atoms with Crippen LogP contribution in [0.4, 0.5) is 14.7 Å². The summed E-state index contributed by atoms with van der Waals surface area (Å²) in [6.45, 7) is 0. The molecule has 0 radical (unpaired) electrons. The molecule has 0 saturated heterocycles. The zero-order valence-corrected chi connectivity index (χ0v) is 9.96. The molecule has 5 nitrogen and oxygen atoms in total. The highest BCUT2D eigenvalue weighted by atomic mass is 32.2. The molecule has 18 heavy (non-hydrogen) atoms. The summed E-state index contributed by atoms with van der Waals surface area (Å²) in [7, 11) is -3.98. The van der Waals surface area contributed by atoms with Crippen LogP contribution in [-0.4, -0.2) is 19.8 Å². The molecule has 0 unspecified atom stereocenters. The lowest BCUT2D eigenvalue weighted by Gasteiger charge is -2.05. The van der Waals surface area contributed by atoms with E-state index in [0.717, 1.165) is 18.4 Å². The summed E-state index contributed by atoms with van der Waals surface area (Å²) in [5.41, 5.74) is 5.64. The van der Waals surface area contributed by atoms with Crippen molar-refractivity contribution in [3.05, 3.63) is 30.0 Å². The third-order valence-electron chi connectivity index (χ3n) is 2.28. The van der Waals surface area contributed by atoms with Crippen LogP contribution in [0.5, 0.6) is 0 Å². The highest BCUT2D eigenvalue weighted by Crippen LogP contribution is 2.30. The molecule has 0 amide bonds. The first-order chi connectivity index (χ1) is 8.30. The van der Waals surface area contributed by atoms with Gasteiger partial charge in [-0.2, -0.15) is 0 Å². The van der Waals surface area contributed by atoms with Crippen molar-refractivity contribution in [1.82, 2.24) is 5.16 Å². The SMILES string of the molecule is CS(=O)(=O)c1c(F)cc(-c2cnoc2N)cc1F. The van der Waals surface area contributed by atoms with Gasteiger partial charge in [-0.25, -0.2) is 17.2 Å². The number of anilines is 1. The van der Waals surface area contributed by atoms with Gasteiger partial charge in [0.15, 0.2) is 9.84 Å². The smallest absolute Gasteiger partial charge is 0.229 e. The standard InChI is InChI=1S/C10H8F2N2O3S/c1-18(15,16)9-7(11)2-5(3-8(9)12)6-4-14-17-10(6)13/h2-4H,13H2,1H3. The molecule has 0 aliphatic carbocycles. The third-order valence-corrected chi connectivity index (χ3v) is 3.41. The van der Waals surface area contributed by atoms with Crippen molar-refractivity contribution in [1.29, 1.82) is 0 Å². The van der Waals surface area contributed by atoms with E-state index in [4.69, 9.17) is 5.73 Å². The summed E-state index contributed by atoms with van der Waals surface area (Å²) >= 11 is 0. The molecule has 96 valence electrons. The summed E-state index contributed by atoms with van der Waals surface area (Å²) in [5, 5.41) is 3.37. The van der Waals surface area contributed by atoms with Crippen molar-refractivity contribution < 1.29 is 21.7 Å². The van der Waals surface area contributed by atoms with Crippen molar-refractivity contribution in [3.8, 4) is 11.1 Å². The van der Waals surface area contributed by atoms with E-state index < -0.39 is 26.4 Å². The minimum Gasteiger partial charge on any atom is -0.367 e. The molecule has 8 heteroatoms. The zero-order valence-electron chi connectivity index (χ0n) is 9.15. The highest BCUT2D eigenvalue weighted by Gasteiger charge is 2.22. The van der Waals surface area contributed by atoms with Gasteiger partial charge >= 0.3 is 0 Å². The minimum atomic E-state index is -3.98. The average molecular weight is 274 g/mol. The molecule has 1 aromatic carbocycles. The normalized spacial score (nSPS) is 11.7. The Morgan fingerprint density at radius 2 is 1.83 bits per heavy atom. The van der Waals surface area contributed by atoms with Crippen molar-refractivity contribution in [3.63, 3.8) is 0 Å². The van der Waals surface area contributed by atoms with Gasteiger partial charge in [0.2, 0.25) is 5.88 Å². The minimum absolute atomic E-state index is 0.0520. The predicted molar refractivity (Wildman–Crippen MR) is 59.4 cm³/mol. The maximum atomic E-state index is 13.6. The summed E-state index contributed by atoms with van der Waals surface area (Å²) in [4.78, 5) is -0.971. The molecule has 0 spiro atoms. The fourth-order valence-corrected chi connectivity index (χ4v) is 2.36. The highest BCUT2D eigenvalue weighted by molar-refractivity contribution is 7.90. The van der Waals surface area contributed by atoms with Crippen LogP contribution in [0, 0.1) is 11.6 Å². The molecule has 1 aromatic heterocycles. The molecule has 2 aromatic rings. The van der Waals surface area contributed by atoms with E-state index in [1.807, 2.05) is 0 Å². The molecule has 1 heterocycles. The number of sulfone groups is 1. The molecular formula is C10H8F2N2O3S. The van der Waals surface area contributed by atoms with Crippen LogP contribution in [0.15, 0.2) is 27.7 Å². The number of hydrogen-bond donors (Lipinski definition) is 1. The quantitative estimate of drug-likeness (QED) is 0.899. The number of halogens is 2. The first kappa shape index (κ1) is 12.5.